The van der Waals surface area contributed by atoms with Gasteiger partial charge in [-0.25, -0.2) is 4.39 Å². The van der Waals surface area contributed by atoms with E-state index in [4.69, 9.17) is 4.74 Å². The molecular weight excluding hydrogens is 253 g/mol. The van der Waals surface area contributed by atoms with Crippen LogP contribution in [0.5, 0.6) is 0 Å². The summed E-state index contributed by atoms with van der Waals surface area (Å²) in [5.74, 6) is -0.129. The van der Waals surface area contributed by atoms with Crippen molar-refractivity contribution in [1.29, 1.82) is 0 Å². The molecule has 1 spiro atoms. The highest BCUT2D eigenvalue weighted by atomic mass is 19.1. The fourth-order valence-corrected chi connectivity index (χ4v) is 3.97. The molecule has 0 saturated heterocycles. The molecule has 0 aromatic heterocycles. The Morgan fingerprint density at radius 3 is 2.75 bits per heavy atom. The predicted octanol–water partition coefficient (Wildman–Crippen LogP) is 4.28. The van der Waals surface area contributed by atoms with E-state index in [1.165, 1.54) is 25.7 Å². The lowest BCUT2D eigenvalue weighted by molar-refractivity contribution is -0.114. The minimum absolute atomic E-state index is 0.129. The van der Waals surface area contributed by atoms with Crippen molar-refractivity contribution in [3.63, 3.8) is 0 Å². The van der Waals surface area contributed by atoms with Gasteiger partial charge in [-0.05, 0) is 50.8 Å². The van der Waals surface area contributed by atoms with Crippen molar-refractivity contribution in [3.05, 3.63) is 29.6 Å². The summed E-state index contributed by atoms with van der Waals surface area (Å²) in [5, 5.41) is 3.55. The molecule has 2 atom stereocenters. The molecule has 3 heteroatoms. The number of aryl methyl sites for hydroxylation is 1. The third-order valence-corrected chi connectivity index (χ3v) is 5.20. The maximum atomic E-state index is 13.7. The van der Waals surface area contributed by atoms with E-state index in [1.54, 1.807) is 13.0 Å². The molecule has 1 aromatic rings. The number of rotatable bonds is 4. The summed E-state index contributed by atoms with van der Waals surface area (Å²) in [5.41, 5.74) is 1.89. The van der Waals surface area contributed by atoms with Gasteiger partial charge in [0.25, 0.3) is 0 Å². The van der Waals surface area contributed by atoms with E-state index in [9.17, 15) is 4.39 Å². The highest BCUT2D eigenvalue weighted by molar-refractivity contribution is 5.47. The first-order valence-corrected chi connectivity index (χ1v) is 7.80. The van der Waals surface area contributed by atoms with Crippen LogP contribution in [0.1, 0.15) is 44.6 Å². The first kappa shape index (κ1) is 13.9. The monoisotopic (exact) mass is 277 g/mol. The summed E-state index contributed by atoms with van der Waals surface area (Å²) in [6.45, 7) is 4.66. The molecule has 1 N–H and O–H groups in total. The Morgan fingerprint density at radius 2 is 2.10 bits per heavy atom. The van der Waals surface area contributed by atoms with Crippen molar-refractivity contribution in [3.8, 4) is 0 Å². The number of nitrogens with one attached hydrogen (secondary N) is 1. The lowest BCUT2D eigenvalue weighted by Crippen LogP contribution is -2.60. The van der Waals surface area contributed by atoms with Crippen molar-refractivity contribution in [2.45, 2.75) is 58.1 Å². The zero-order valence-corrected chi connectivity index (χ0v) is 12.4. The van der Waals surface area contributed by atoms with Gasteiger partial charge < -0.3 is 10.1 Å². The van der Waals surface area contributed by atoms with Crippen LogP contribution in [0.25, 0.3) is 0 Å². The van der Waals surface area contributed by atoms with E-state index in [1.807, 2.05) is 12.1 Å². The van der Waals surface area contributed by atoms with E-state index < -0.39 is 0 Å². The average Bonchev–Trinajstić information content (AvgIpc) is 2.94. The third-order valence-electron chi connectivity index (χ3n) is 5.20. The summed E-state index contributed by atoms with van der Waals surface area (Å²) in [7, 11) is 0. The smallest absolute Gasteiger partial charge is 0.128 e. The minimum Gasteiger partial charge on any atom is -0.381 e. The standard InChI is InChI=1S/C17H24FNO/c1-3-20-16-11-15(17(16)8-4-5-9-17)19-13-7-6-12(2)14(18)10-13/h6-7,10,15-16,19H,3-5,8-9,11H2,1-2H3. The number of ether oxygens (including phenoxy) is 1. The zero-order chi connectivity index (χ0) is 14.2. The molecule has 2 aliphatic rings. The normalized spacial score (nSPS) is 27.6. The van der Waals surface area contributed by atoms with Gasteiger partial charge in [-0.15, -0.1) is 0 Å². The van der Waals surface area contributed by atoms with Gasteiger partial charge in [0.15, 0.2) is 0 Å². The van der Waals surface area contributed by atoms with Crippen molar-refractivity contribution in [2.24, 2.45) is 5.41 Å². The van der Waals surface area contributed by atoms with E-state index in [-0.39, 0.29) is 11.2 Å². The number of benzene rings is 1. The van der Waals surface area contributed by atoms with Crippen LogP contribution in [0.4, 0.5) is 10.1 Å². The van der Waals surface area contributed by atoms with E-state index in [0.717, 1.165) is 18.7 Å². The van der Waals surface area contributed by atoms with Crippen LogP contribution in [0.2, 0.25) is 0 Å². The van der Waals surface area contributed by atoms with Gasteiger partial charge in [0.1, 0.15) is 5.82 Å². The van der Waals surface area contributed by atoms with Gasteiger partial charge >= 0.3 is 0 Å². The molecule has 0 aliphatic heterocycles. The molecular formula is C17H24FNO. The highest BCUT2D eigenvalue weighted by Gasteiger charge is 2.56. The third kappa shape index (κ3) is 2.22. The van der Waals surface area contributed by atoms with E-state index in [2.05, 4.69) is 12.2 Å². The molecule has 110 valence electrons. The molecule has 2 nitrogen and oxygen atoms in total. The molecule has 0 amide bonds. The van der Waals surface area contributed by atoms with Crippen LogP contribution in [-0.4, -0.2) is 18.8 Å². The van der Waals surface area contributed by atoms with Gasteiger partial charge in [-0.2, -0.15) is 0 Å². The Morgan fingerprint density at radius 1 is 1.35 bits per heavy atom. The molecule has 20 heavy (non-hydrogen) atoms. The fourth-order valence-electron chi connectivity index (χ4n) is 3.97. The number of anilines is 1. The van der Waals surface area contributed by atoms with Crippen molar-refractivity contribution in [2.75, 3.05) is 11.9 Å². The summed E-state index contributed by atoms with van der Waals surface area (Å²) >= 11 is 0. The SMILES string of the molecule is CCOC1CC(Nc2ccc(C)c(F)c2)C12CCCC2. The van der Waals surface area contributed by atoms with Gasteiger partial charge in [0.2, 0.25) is 0 Å². The molecule has 0 heterocycles. The Kier molecular flexibility index (Phi) is 3.72. The zero-order valence-electron chi connectivity index (χ0n) is 12.4. The van der Waals surface area contributed by atoms with Crippen LogP contribution in [-0.2, 0) is 4.74 Å². The Balaban J connectivity index is 1.72. The van der Waals surface area contributed by atoms with Crippen LogP contribution < -0.4 is 5.32 Å². The molecule has 2 aliphatic carbocycles. The lowest BCUT2D eigenvalue weighted by Gasteiger charge is -2.54. The summed E-state index contributed by atoms with van der Waals surface area (Å²) in [6.07, 6.45) is 6.51. The summed E-state index contributed by atoms with van der Waals surface area (Å²) in [4.78, 5) is 0. The summed E-state index contributed by atoms with van der Waals surface area (Å²) in [6, 6.07) is 5.88. The molecule has 0 bridgehead atoms. The maximum Gasteiger partial charge on any atom is 0.128 e. The van der Waals surface area contributed by atoms with Crippen molar-refractivity contribution < 1.29 is 9.13 Å². The van der Waals surface area contributed by atoms with Crippen LogP contribution in [0, 0.1) is 18.2 Å². The fraction of sp³-hybridized carbons (Fsp3) is 0.647. The van der Waals surface area contributed by atoms with Crippen molar-refractivity contribution in [1.82, 2.24) is 0 Å². The first-order chi connectivity index (χ1) is 9.65. The van der Waals surface area contributed by atoms with Crippen LogP contribution in [0.15, 0.2) is 18.2 Å². The second-order valence-corrected chi connectivity index (χ2v) is 6.28. The minimum atomic E-state index is -0.129. The van der Waals surface area contributed by atoms with Crippen molar-refractivity contribution >= 4 is 5.69 Å². The first-order valence-electron chi connectivity index (χ1n) is 7.80. The maximum absolute atomic E-state index is 13.7. The Labute approximate surface area is 120 Å². The van der Waals surface area contributed by atoms with Crippen LogP contribution >= 0.6 is 0 Å². The number of hydrogen-bond donors (Lipinski definition) is 1. The second kappa shape index (κ2) is 5.36. The van der Waals surface area contributed by atoms with E-state index >= 15 is 0 Å². The Hall–Kier alpha value is -1.09. The quantitative estimate of drug-likeness (QED) is 0.886. The Bertz CT molecular complexity index is 482. The van der Waals surface area contributed by atoms with Crippen LogP contribution in [0.3, 0.4) is 0 Å². The molecule has 2 unspecified atom stereocenters. The molecule has 1 aromatic carbocycles. The lowest BCUT2D eigenvalue weighted by atomic mass is 9.60. The van der Waals surface area contributed by atoms with Gasteiger partial charge in [-0.3, -0.25) is 0 Å². The largest absolute Gasteiger partial charge is 0.381 e. The average molecular weight is 277 g/mol. The summed E-state index contributed by atoms with van der Waals surface area (Å²) < 4.78 is 19.6. The van der Waals surface area contributed by atoms with Gasteiger partial charge in [-0.1, -0.05) is 18.9 Å². The number of halogens is 1. The predicted molar refractivity (Wildman–Crippen MR) is 79.5 cm³/mol. The van der Waals surface area contributed by atoms with E-state index in [0.29, 0.717) is 17.7 Å². The van der Waals surface area contributed by atoms with Gasteiger partial charge in [0, 0.05) is 23.8 Å². The molecule has 2 fully saturated rings. The molecule has 3 rings (SSSR count). The highest BCUT2D eigenvalue weighted by Crippen LogP contribution is 2.55. The molecule has 2 saturated carbocycles. The second-order valence-electron chi connectivity index (χ2n) is 6.28. The number of hydrogen-bond acceptors (Lipinski definition) is 2. The topological polar surface area (TPSA) is 21.3 Å². The molecule has 0 radical (unpaired) electrons. The van der Waals surface area contributed by atoms with Gasteiger partial charge in [0.05, 0.1) is 6.10 Å².